The third-order valence-corrected chi connectivity index (χ3v) is 2.43. The zero-order chi connectivity index (χ0) is 10.4. The first-order chi connectivity index (χ1) is 6.77. The summed E-state index contributed by atoms with van der Waals surface area (Å²) >= 11 is 1.34. The smallest absolute Gasteiger partial charge is 0.202 e. The number of hydrogen-bond acceptors (Lipinski definition) is 6. The molecule has 1 rings (SSSR count). The number of aromatic nitrogens is 2. The van der Waals surface area contributed by atoms with Crippen LogP contribution in [0.5, 0.6) is 0 Å². The lowest BCUT2D eigenvalue weighted by Gasteiger charge is -2.02. The molecule has 1 unspecified atom stereocenters. The number of methoxy groups -OCH3 is 2. The van der Waals surface area contributed by atoms with E-state index in [0.717, 1.165) is 17.5 Å². The lowest BCUT2D eigenvalue weighted by atomic mass is 10.4. The third-order valence-electron chi connectivity index (χ3n) is 1.74. The highest BCUT2D eigenvalue weighted by Gasteiger charge is 2.10. The Kier molecular flexibility index (Phi) is 4.78. The van der Waals surface area contributed by atoms with Crippen molar-refractivity contribution in [1.29, 1.82) is 0 Å². The minimum absolute atomic E-state index is 0.0516. The van der Waals surface area contributed by atoms with Gasteiger partial charge in [-0.25, -0.2) is 4.98 Å². The molecule has 1 heterocycles. The van der Waals surface area contributed by atoms with Crippen LogP contribution in [-0.4, -0.2) is 36.7 Å². The average Bonchev–Trinajstić information content (AvgIpc) is 2.66. The maximum absolute atomic E-state index is 5.10. The molecule has 80 valence electrons. The van der Waals surface area contributed by atoms with Gasteiger partial charge in [-0.1, -0.05) is 0 Å². The van der Waals surface area contributed by atoms with Gasteiger partial charge in [0, 0.05) is 32.3 Å². The molecule has 1 atom stereocenters. The molecule has 1 aromatic heterocycles. The summed E-state index contributed by atoms with van der Waals surface area (Å²) in [6.07, 6.45) is -0.0516. The van der Waals surface area contributed by atoms with Crippen LogP contribution in [0.3, 0.4) is 0 Å². The second-order valence-electron chi connectivity index (χ2n) is 2.76. The van der Waals surface area contributed by atoms with Crippen LogP contribution in [0.15, 0.2) is 0 Å². The Labute approximate surface area is 87.6 Å². The molecule has 0 amide bonds. The van der Waals surface area contributed by atoms with Crippen molar-refractivity contribution in [2.75, 3.05) is 32.7 Å². The second kappa shape index (κ2) is 5.90. The van der Waals surface area contributed by atoms with Crippen molar-refractivity contribution >= 4 is 16.7 Å². The summed E-state index contributed by atoms with van der Waals surface area (Å²) < 4.78 is 14.2. The molecule has 14 heavy (non-hydrogen) atoms. The lowest BCUT2D eigenvalue weighted by Crippen LogP contribution is -2.07. The van der Waals surface area contributed by atoms with Crippen LogP contribution >= 0.6 is 11.5 Å². The van der Waals surface area contributed by atoms with Gasteiger partial charge in [0.15, 0.2) is 5.82 Å². The lowest BCUT2D eigenvalue weighted by molar-refractivity contribution is 0.113. The fraction of sp³-hybridized carbons (Fsp3) is 0.750. The number of ether oxygens (including phenoxy) is 2. The van der Waals surface area contributed by atoms with Gasteiger partial charge in [-0.2, -0.15) is 4.37 Å². The van der Waals surface area contributed by atoms with Crippen molar-refractivity contribution in [2.24, 2.45) is 0 Å². The van der Waals surface area contributed by atoms with Crippen molar-refractivity contribution in [3.8, 4) is 0 Å². The second-order valence-corrected chi connectivity index (χ2v) is 3.51. The summed E-state index contributed by atoms with van der Waals surface area (Å²) in [5.74, 6) is 0.720. The molecular weight excluding hydrogens is 202 g/mol. The first kappa shape index (κ1) is 11.4. The maximum Gasteiger partial charge on any atom is 0.202 e. The SMILES string of the molecule is COCCNc1nc(C(C)OC)ns1. The number of rotatable bonds is 6. The molecule has 0 aromatic carbocycles. The van der Waals surface area contributed by atoms with E-state index in [4.69, 9.17) is 9.47 Å². The van der Waals surface area contributed by atoms with Crippen LogP contribution in [-0.2, 0) is 9.47 Å². The predicted octanol–water partition coefficient (Wildman–Crippen LogP) is 1.30. The van der Waals surface area contributed by atoms with Gasteiger partial charge in [0.2, 0.25) is 5.13 Å². The molecule has 1 N–H and O–H groups in total. The number of anilines is 1. The van der Waals surface area contributed by atoms with Crippen molar-refractivity contribution in [2.45, 2.75) is 13.0 Å². The van der Waals surface area contributed by atoms with E-state index in [9.17, 15) is 0 Å². The van der Waals surface area contributed by atoms with E-state index in [2.05, 4.69) is 14.7 Å². The topological polar surface area (TPSA) is 56.3 Å². The van der Waals surface area contributed by atoms with Gasteiger partial charge >= 0.3 is 0 Å². The molecule has 0 spiro atoms. The molecule has 1 aromatic rings. The van der Waals surface area contributed by atoms with Gasteiger partial charge in [-0.05, 0) is 6.92 Å². The van der Waals surface area contributed by atoms with Crippen LogP contribution in [0.2, 0.25) is 0 Å². The fourth-order valence-electron chi connectivity index (χ4n) is 0.837. The van der Waals surface area contributed by atoms with E-state index >= 15 is 0 Å². The molecule has 0 aliphatic rings. The Morgan fingerprint density at radius 3 is 2.93 bits per heavy atom. The number of nitrogens with zero attached hydrogens (tertiary/aromatic N) is 2. The van der Waals surface area contributed by atoms with Crippen LogP contribution in [0.1, 0.15) is 18.9 Å². The van der Waals surface area contributed by atoms with Gasteiger partial charge in [-0.3, -0.25) is 0 Å². The standard InChI is InChI=1S/C8H15N3O2S/c1-6(13-3)7-10-8(14-11-7)9-4-5-12-2/h6H,4-5H2,1-3H3,(H,9,10,11). The Morgan fingerprint density at radius 1 is 1.50 bits per heavy atom. The van der Waals surface area contributed by atoms with Gasteiger partial charge in [0.1, 0.15) is 6.10 Å². The molecule has 0 radical (unpaired) electrons. The minimum atomic E-state index is -0.0516. The monoisotopic (exact) mass is 217 g/mol. The van der Waals surface area contributed by atoms with Crippen LogP contribution in [0, 0.1) is 0 Å². The number of hydrogen-bond donors (Lipinski definition) is 1. The summed E-state index contributed by atoms with van der Waals surface area (Å²) in [5.41, 5.74) is 0. The van der Waals surface area contributed by atoms with Crippen LogP contribution < -0.4 is 5.32 Å². The van der Waals surface area contributed by atoms with E-state index in [1.54, 1.807) is 14.2 Å². The third kappa shape index (κ3) is 3.21. The first-order valence-electron chi connectivity index (χ1n) is 4.37. The summed E-state index contributed by atoms with van der Waals surface area (Å²) in [6, 6.07) is 0. The zero-order valence-electron chi connectivity index (χ0n) is 8.61. The largest absolute Gasteiger partial charge is 0.383 e. The van der Waals surface area contributed by atoms with Crippen molar-refractivity contribution in [3.05, 3.63) is 5.82 Å². The molecule has 6 heteroatoms. The van der Waals surface area contributed by atoms with Gasteiger partial charge in [-0.15, -0.1) is 0 Å². The van der Waals surface area contributed by atoms with Crippen molar-refractivity contribution in [1.82, 2.24) is 9.36 Å². The highest BCUT2D eigenvalue weighted by Crippen LogP contribution is 2.17. The van der Waals surface area contributed by atoms with Crippen LogP contribution in [0.25, 0.3) is 0 Å². The quantitative estimate of drug-likeness (QED) is 0.728. The summed E-state index contributed by atoms with van der Waals surface area (Å²) in [5, 5.41) is 3.92. The van der Waals surface area contributed by atoms with E-state index in [-0.39, 0.29) is 6.10 Å². The molecule has 0 saturated heterocycles. The molecular formula is C8H15N3O2S. The summed E-state index contributed by atoms with van der Waals surface area (Å²) in [4.78, 5) is 4.27. The zero-order valence-corrected chi connectivity index (χ0v) is 9.43. The summed E-state index contributed by atoms with van der Waals surface area (Å²) in [6.45, 7) is 3.32. The van der Waals surface area contributed by atoms with E-state index in [1.807, 2.05) is 6.92 Å². The highest BCUT2D eigenvalue weighted by molar-refractivity contribution is 7.09. The Hall–Kier alpha value is -0.720. The molecule has 0 aliphatic carbocycles. The van der Waals surface area contributed by atoms with Crippen molar-refractivity contribution < 1.29 is 9.47 Å². The van der Waals surface area contributed by atoms with Crippen LogP contribution in [0.4, 0.5) is 5.13 Å². The Balaban J connectivity index is 2.42. The first-order valence-corrected chi connectivity index (χ1v) is 5.14. The van der Waals surface area contributed by atoms with Gasteiger partial charge in [0.25, 0.3) is 0 Å². The normalized spacial score (nSPS) is 12.8. The van der Waals surface area contributed by atoms with Gasteiger partial charge < -0.3 is 14.8 Å². The van der Waals surface area contributed by atoms with E-state index in [1.165, 1.54) is 11.5 Å². The summed E-state index contributed by atoms with van der Waals surface area (Å²) in [7, 11) is 3.31. The van der Waals surface area contributed by atoms with Crippen molar-refractivity contribution in [3.63, 3.8) is 0 Å². The average molecular weight is 217 g/mol. The molecule has 0 saturated carbocycles. The number of nitrogens with one attached hydrogen (secondary N) is 1. The molecule has 0 fully saturated rings. The Morgan fingerprint density at radius 2 is 2.29 bits per heavy atom. The fourth-order valence-corrected chi connectivity index (χ4v) is 1.51. The van der Waals surface area contributed by atoms with E-state index < -0.39 is 0 Å². The molecule has 0 bridgehead atoms. The predicted molar refractivity (Wildman–Crippen MR) is 55.7 cm³/mol. The van der Waals surface area contributed by atoms with Gasteiger partial charge in [0.05, 0.1) is 6.61 Å². The molecule has 0 aliphatic heterocycles. The molecule has 5 nitrogen and oxygen atoms in total. The minimum Gasteiger partial charge on any atom is -0.383 e. The Bertz CT molecular complexity index is 267. The van der Waals surface area contributed by atoms with E-state index in [0.29, 0.717) is 6.61 Å². The highest BCUT2D eigenvalue weighted by atomic mass is 32.1. The maximum atomic E-state index is 5.10.